The average molecular weight is 258 g/mol. The summed E-state index contributed by atoms with van der Waals surface area (Å²) in [5.74, 6) is 0.652. The Labute approximate surface area is 107 Å². The van der Waals surface area contributed by atoms with Gasteiger partial charge in [0.15, 0.2) is 11.0 Å². The zero-order valence-electron chi connectivity index (χ0n) is 11.2. The van der Waals surface area contributed by atoms with E-state index in [1.54, 1.807) is 13.8 Å². The van der Waals surface area contributed by atoms with E-state index in [9.17, 15) is 5.11 Å². The monoisotopic (exact) mass is 257 g/mol. The van der Waals surface area contributed by atoms with Crippen LogP contribution in [0.3, 0.4) is 0 Å². The summed E-state index contributed by atoms with van der Waals surface area (Å²) < 4.78 is 0. The van der Waals surface area contributed by atoms with Crippen LogP contribution in [-0.4, -0.2) is 26.4 Å². The molecule has 0 aliphatic rings. The highest BCUT2D eigenvalue weighted by atomic mass is 35.5. The van der Waals surface area contributed by atoms with Crippen molar-refractivity contribution in [3.05, 3.63) is 16.3 Å². The Balaban J connectivity index is 3.09. The molecule has 5 heteroatoms. The Morgan fingerprint density at radius 1 is 1.06 bits per heavy atom. The van der Waals surface area contributed by atoms with Crippen LogP contribution in [0.25, 0.3) is 0 Å². The van der Waals surface area contributed by atoms with Crippen molar-refractivity contribution in [3.63, 3.8) is 0 Å². The first-order chi connectivity index (χ1) is 7.56. The predicted octanol–water partition coefficient (Wildman–Crippen LogP) is 2.71. The molecule has 17 heavy (non-hydrogen) atoms. The van der Waals surface area contributed by atoms with E-state index in [0.29, 0.717) is 11.0 Å². The summed E-state index contributed by atoms with van der Waals surface area (Å²) in [6.07, 6.45) is 0. The van der Waals surface area contributed by atoms with Crippen LogP contribution < -0.4 is 5.32 Å². The van der Waals surface area contributed by atoms with Crippen LogP contribution in [-0.2, 0) is 0 Å². The highest BCUT2D eigenvalue weighted by molar-refractivity contribution is 6.30. The van der Waals surface area contributed by atoms with E-state index in [1.807, 2.05) is 27.7 Å². The van der Waals surface area contributed by atoms with Gasteiger partial charge in [-0.1, -0.05) is 11.6 Å². The number of halogens is 1. The SMILES string of the molecule is Cc1c(Cl)nnc(NC(C)(C)C(C)(C)O)c1C. The van der Waals surface area contributed by atoms with E-state index in [1.165, 1.54) is 0 Å². The summed E-state index contributed by atoms with van der Waals surface area (Å²) in [7, 11) is 0. The number of aliphatic hydroxyl groups is 1. The summed E-state index contributed by atoms with van der Waals surface area (Å²) in [4.78, 5) is 0. The molecule has 0 aliphatic carbocycles. The van der Waals surface area contributed by atoms with Crippen molar-refractivity contribution in [2.45, 2.75) is 52.7 Å². The molecule has 1 rings (SSSR count). The van der Waals surface area contributed by atoms with Crippen molar-refractivity contribution in [1.82, 2.24) is 10.2 Å². The Kier molecular flexibility index (Phi) is 3.69. The number of rotatable bonds is 3. The lowest BCUT2D eigenvalue weighted by Crippen LogP contribution is -2.51. The Hall–Kier alpha value is -0.870. The zero-order chi connectivity index (χ0) is 13.4. The molecule has 0 radical (unpaired) electrons. The minimum atomic E-state index is -0.880. The van der Waals surface area contributed by atoms with Crippen LogP contribution in [0.2, 0.25) is 5.15 Å². The van der Waals surface area contributed by atoms with E-state index in [0.717, 1.165) is 11.1 Å². The third-order valence-corrected chi connectivity index (χ3v) is 3.78. The van der Waals surface area contributed by atoms with E-state index >= 15 is 0 Å². The standard InChI is InChI=1S/C12H20ClN3O/c1-7-8(2)10(16-15-9(7)13)14-11(3,4)12(5,6)17/h17H,1-6H3,(H,14,16). The van der Waals surface area contributed by atoms with Crippen molar-refractivity contribution >= 4 is 17.4 Å². The molecule has 4 nitrogen and oxygen atoms in total. The topological polar surface area (TPSA) is 58.0 Å². The van der Waals surface area contributed by atoms with Crippen LogP contribution in [0.15, 0.2) is 0 Å². The van der Waals surface area contributed by atoms with E-state index in [2.05, 4.69) is 15.5 Å². The molecule has 0 fully saturated rings. The highest BCUT2D eigenvalue weighted by Gasteiger charge is 2.35. The van der Waals surface area contributed by atoms with Gasteiger partial charge in [0.25, 0.3) is 0 Å². The Bertz CT molecular complexity index is 424. The number of anilines is 1. The minimum Gasteiger partial charge on any atom is -0.388 e. The van der Waals surface area contributed by atoms with Gasteiger partial charge in [0.05, 0.1) is 11.1 Å². The number of nitrogens with one attached hydrogen (secondary N) is 1. The highest BCUT2D eigenvalue weighted by Crippen LogP contribution is 2.28. The van der Waals surface area contributed by atoms with Gasteiger partial charge in [0.1, 0.15) is 0 Å². The molecule has 0 saturated carbocycles. The molecule has 0 atom stereocenters. The first kappa shape index (κ1) is 14.2. The molecule has 0 aliphatic heterocycles. The first-order valence-electron chi connectivity index (χ1n) is 5.56. The van der Waals surface area contributed by atoms with Crippen LogP contribution >= 0.6 is 11.6 Å². The third-order valence-electron chi connectivity index (χ3n) is 3.43. The fraction of sp³-hybridized carbons (Fsp3) is 0.667. The van der Waals surface area contributed by atoms with Gasteiger partial charge in [-0.25, -0.2) is 0 Å². The third kappa shape index (κ3) is 2.87. The molecule has 1 heterocycles. The summed E-state index contributed by atoms with van der Waals surface area (Å²) in [6.45, 7) is 11.2. The lowest BCUT2D eigenvalue weighted by molar-refractivity contribution is 0.0238. The summed E-state index contributed by atoms with van der Waals surface area (Å²) >= 11 is 5.90. The number of aromatic nitrogens is 2. The largest absolute Gasteiger partial charge is 0.388 e. The summed E-state index contributed by atoms with van der Waals surface area (Å²) in [5, 5.41) is 21.6. The minimum absolute atomic E-state index is 0.411. The van der Waals surface area contributed by atoms with E-state index in [4.69, 9.17) is 11.6 Å². The Morgan fingerprint density at radius 2 is 1.59 bits per heavy atom. The number of hydrogen-bond donors (Lipinski definition) is 2. The second kappa shape index (κ2) is 4.42. The maximum atomic E-state index is 10.1. The van der Waals surface area contributed by atoms with Crippen LogP contribution in [0.4, 0.5) is 5.82 Å². The molecule has 0 spiro atoms. The quantitative estimate of drug-likeness (QED) is 0.874. The van der Waals surface area contributed by atoms with Gasteiger partial charge in [-0.05, 0) is 52.7 Å². The molecule has 0 saturated heterocycles. The molecular weight excluding hydrogens is 238 g/mol. The predicted molar refractivity (Wildman–Crippen MR) is 70.5 cm³/mol. The molecule has 96 valence electrons. The molecular formula is C12H20ClN3O. The van der Waals surface area contributed by atoms with Crippen LogP contribution in [0.1, 0.15) is 38.8 Å². The van der Waals surface area contributed by atoms with E-state index < -0.39 is 11.1 Å². The van der Waals surface area contributed by atoms with Gasteiger partial charge >= 0.3 is 0 Å². The van der Waals surface area contributed by atoms with Crippen molar-refractivity contribution in [2.24, 2.45) is 0 Å². The van der Waals surface area contributed by atoms with Gasteiger partial charge in [-0.2, -0.15) is 0 Å². The molecule has 0 bridgehead atoms. The second-order valence-corrected chi connectivity index (χ2v) is 5.76. The second-order valence-electron chi connectivity index (χ2n) is 5.40. The van der Waals surface area contributed by atoms with Crippen LogP contribution in [0, 0.1) is 13.8 Å². The van der Waals surface area contributed by atoms with Crippen molar-refractivity contribution in [2.75, 3.05) is 5.32 Å². The lowest BCUT2D eigenvalue weighted by atomic mass is 9.86. The maximum Gasteiger partial charge on any atom is 0.155 e. The van der Waals surface area contributed by atoms with Gasteiger partial charge in [-0.3, -0.25) is 0 Å². The van der Waals surface area contributed by atoms with Crippen molar-refractivity contribution in [3.8, 4) is 0 Å². The van der Waals surface area contributed by atoms with Crippen molar-refractivity contribution < 1.29 is 5.11 Å². The smallest absolute Gasteiger partial charge is 0.155 e. The summed E-state index contributed by atoms with van der Waals surface area (Å²) in [6, 6.07) is 0. The fourth-order valence-electron chi connectivity index (χ4n) is 1.14. The normalized spacial score (nSPS) is 12.7. The molecule has 1 aromatic heterocycles. The molecule has 2 N–H and O–H groups in total. The van der Waals surface area contributed by atoms with Gasteiger partial charge in [0, 0.05) is 0 Å². The first-order valence-corrected chi connectivity index (χ1v) is 5.94. The number of hydrogen-bond acceptors (Lipinski definition) is 4. The molecule has 0 amide bonds. The van der Waals surface area contributed by atoms with Crippen molar-refractivity contribution in [1.29, 1.82) is 0 Å². The molecule has 1 aromatic rings. The van der Waals surface area contributed by atoms with Gasteiger partial charge in [0.2, 0.25) is 0 Å². The van der Waals surface area contributed by atoms with Crippen LogP contribution in [0.5, 0.6) is 0 Å². The lowest BCUT2D eigenvalue weighted by Gasteiger charge is -2.38. The van der Waals surface area contributed by atoms with E-state index in [-0.39, 0.29) is 0 Å². The van der Waals surface area contributed by atoms with Gasteiger partial charge < -0.3 is 10.4 Å². The Morgan fingerprint density at radius 3 is 2.06 bits per heavy atom. The zero-order valence-corrected chi connectivity index (χ0v) is 12.0. The van der Waals surface area contributed by atoms with Gasteiger partial charge in [-0.15, -0.1) is 10.2 Å². The summed E-state index contributed by atoms with van der Waals surface area (Å²) in [5.41, 5.74) is 0.444. The fourth-order valence-corrected chi connectivity index (χ4v) is 1.32. The average Bonchev–Trinajstić information content (AvgIpc) is 2.17. The maximum absolute atomic E-state index is 10.1. The number of nitrogens with zero attached hydrogens (tertiary/aromatic N) is 2. The molecule has 0 unspecified atom stereocenters. The molecule has 0 aromatic carbocycles.